The third kappa shape index (κ3) is 5.71. The zero-order valence-electron chi connectivity index (χ0n) is 16.0. The highest BCUT2D eigenvalue weighted by Crippen LogP contribution is 2.24. The summed E-state index contributed by atoms with van der Waals surface area (Å²) in [5, 5.41) is 3.05. The van der Waals surface area contributed by atoms with Gasteiger partial charge < -0.3 is 10.2 Å². The van der Waals surface area contributed by atoms with Gasteiger partial charge in [-0.1, -0.05) is 50.2 Å². The molecule has 0 aromatic heterocycles. The van der Waals surface area contributed by atoms with Gasteiger partial charge >= 0.3 is 0 Å². The lowest BCUT2D eigenvalue weighted by molar-refractivity contribution is -0.117. The second kappa shape index (κ2) is 8.82. The summed E-state index contributed by atoms with van der Waals surface area (Å²) in [6, 6.07) is 16.3. The molecule has 1 amide bonds. The number of carbonyl (C=O) groups is 1. The van der Waals surface area contributed by atoms with Crippen LogP contribution < -0.4 is 5.32 Å². The lowest BCUT2D eigenvalue weighted by Crippen LogP contribution is -2.20. The minimum absolute atomic E-state index is 0.0385. The molecule has 0 aliphatic carbocycles. The van der Waals surface area contributed by atoms with E-state index in [1.54, 1.807) is 0 Å². The Morgan fingerprint density at radius 3 is 2.24 bits per heavy atom. The fourth-order valence-electron chi connectivity index (χ4n) is 3.03. The van der Waals surface area contributed by atoms with Gasteiger partial charge in [-0.15, -0.1) is 0 Å². The van der Waals surface area contributed by atoms with Crippen LogP contribution in [0.1, 0.15) is 43.4 Å². The van der Waals surface area contributed by atoms with Crippen molar-refractivity contribution in [3.05, 3.63) is 65.2 Å². The van der Waals surface area contributed by atoms with E-state index < -0.39 is 0 Å². The van der Waals surface area contributed by atoms with E-state index in [-0.39, 0.29) is 11.8 Å². The van der Waals surface area contributed by atoms with E-state index in [0.717, 1.165) is 24.2 Å². The molecule has 0 radical (unpaired) electrons. The maximum absolute atomic E-state index is 12.7. The molecule has 0 bridgehead atoms. The zero-order chi connectivity index (χ0) is 18.4. The molecule has 0 saturated carbocycles. The van der Waals surface area contributed by atoms with Crippen LogP contribution in [0.5, 0.6) is 0 Å². The van der Waals surface area contributed by atoms with E-state index in [9.17, 15) is 4.79 Å². The molecule has 134 valence electrons. The first-order valence-electron chi connectivity index (χ1n) is 8.99. The third-order valence-electron chi connectivity index (χ3n) is 4.26. The summed E-state index contributed by atoms with van der Waals surface area (Å²) in [6.45, 7) is 7.29. The molecule has 0 aliphatic rings. The number of amides is 1. The van der Waals surface area contributed by atoms with Gasteiger partial charge in [0.15, 0.2) is 0 Å². The quantitative estimate of drug-likeness (QED) is 0.794. The predicted molar refractivity (Wildman–Crippen MR) is 106 cm³/mol. The Morgan fingerprint density at radius 1 is 1.00 bits per heavy atom. The normalized spacial score (nSPS) is 12.4. The van der Waals surface area contributed by atoms with Crippen LogP contribution in [0.15, 0.2) is 48.5 Å². The van der Waals surface area contributed by atoms with Crippen molar-refractivity contribution in [2.75, 3.05) is 19.4 Å². The van der Waals surface area contributed by atoms with Gasteiger partial charge in [0.1, 0.15) is 0 Å². The van der Waals surface area contributed by atoms with Crippen molar-refractivity contribution >= 4 is 11.6 Å². The Kier molecular flexibility index (Phi) is 6.77. The largest absolute Gasteiger partial charge is 0.326 e. The molecule has 0 spiro atoms. The van der Waals surface area contributed by atoms with Gasteiger partial charge in [0.25, 0.3) is 0 Å². The van der Waals surface area contributed by atoms with Crippen LogP contribution in [0, 0.1) is 5.92 Å². The first kappa shape index (κ1) is 19.2. The Morgan fingerprint density at radius 2 is 1.64 bits per heavy atom. The van der Waals surface area contributed by atoms with E-state index >= 15 is 0 Å². The molecule has 0 saturated heterocycles. The SMILES string of the molecule is CC(C)Cc1ccccc1[C@@H](C)C(=O)Nc1ccc(CN(C)C)cc1. The number of hydrogen-bond acceptors (Lipinski definition) is 2. The molecule has 1 atom stereocenters. The van der Waals surface area contributed by atoms with Gasteiger partial charge in [-0.3, -0.25) is 4.79 Å². The van der Waals surface area contributed by atoms with Crippen LogP contribution in [-0.2, 0) is 17.8 Å². The van der Waals surface area contributed by atoms with Gasteiger partial charge in [-0.05, 0) is 62.2 Å². The van der Waals surface area contributed by atoms with Gasteiger partial charge in [-0.25, -0.2) is 0 Å². The summed E-state index contributed by atoms with van der Waals surface area (Å²) in [6.07, 6.45) is 0.993. The molecule has 2 aromatic carbocycles. The number of carbonyl (C=O) groups excluding carboxylic acids is 1. The molecule has 1 N–H and O–H groups in total. The highest BCUT2D eigenvalue weighted by atomic mass is 16.1. The van der Waals surface area contributed by atoms with E-state index in [2.05, 4.69) is 54.4 Å². The molecule has 0 unspecified atom stereocenters. The van der Waals surface area contributed by atoms with E-state index in [4.69, 9.17) is 0 Å². The second-order valence-electron chi connectivity index (χ2n) is 7.44. The fraction of sp³-hybridized carbons (Fsp3) is 0.409. The molecule has 0 heterocycles. The third-order valence-corrected chi connectivity index (χ3v) is 4.26. The number of benzene rings is 2. The van der Waals surface area contributed by atoms with Gasteiger partial charge in [0.2, 0.25) is 5.91 Å². The lowest BCUT2D eigenvalue weighted by atomic mass is 9.90. The van der Waals surface area contributed by atoms with Crippen LogP contribution in [0.25, 0.3) is 0 Å². The van der Waals surface area contributed by atoms with Crippen molar-refractivity contribution in [1.82, 2.24) is 4.90 Å². The molecule has 2 rings (SSSR count). The highest BCUT2D eigenvalue weighted by molar-refractivity contribution is 5.95. The smallest absolute Gasteiger partial charge is 0.231 e. The lowest BCUT2D eigenvalue weighted by Gasteiger charge is -2.18. The number of hydrogen-bond donors (Lipinski definition) is 1. The number of anilines is 1. The van der Waals surface area contributed by atoms with Crippen molar-refractivity contribution in [3.63, 3.8) is 0 Å². The van der Waals surface area contributed by atoms with Crippen molar-refractivity contribution in [3.8, 4) is 0 Å². The maximum atomic E-state index is 12.7. The number of nitrogens with zero attached hydrogens (tertiary/aromatic N) is 1. The van der Waals surface area contributed by atoms with Crippen LogP contribution in [0.2, 0.25) is 0 Å². The minimum atomic E-state index is -0.170. The topological polar surface area (TPSA) is 32.3 Å². The molecular formula is C22H30N2O. The van der Waals surface area contributed by atoms with Crippen molar-refractivity contribution in [2.45, 2.75) is 39.7 Å². The molecule has 2 aromatic rings. The summed E-state index contributed by atoms with van der Waals surface area (Å²) >= 11 is 0. The maximum Gasteiger partial charge on any atom is 0.231 e. The zero-order valence-corrected chi connectivity index (χ0v) is 16.0. The van der Waals surface area contributed by atoms with E-state index in [0.29, 0.717) is 5.92 Å². The standard InChI is InChI=1S/C22H30N2O/c1-16(2)14-19-8-6-7-9-21(19)17(3)22(25)23-20-12-10-18(11-13-20)15-24(4)5/h6-13,16-17H,14-15H2,1-5H3,(H,23,25)/t17-/m1/s1. The second-order valence-corrected chi connectivity index (χ2v) is 7.44. The number of rotatable bonds is 7. The Bertz CT molecular complexity index is 689. The summed E-state index contributed by atoms with van der Waals surface area (Å²) in [5.41, 5.74) is 4.47. The van der Waals surface area contributed by atoms with Gasteiger partial charge in [0.05, 0.1) is 5.92 Å². The molecule has 3 nitrogen and oxygen atoms in total. The first-order valence-corrected chi connectivity index (χ1v) is 8.99. The van der Waals surface area contributed by atoms with Crippen LogP contribution >= 0.6 is 0 Å². The van der Waals surface area contributed by atoms with Crippen molar-refractivity contribution in [1.29, 1.82) is 0 Å². The summed E-state index contributed by atoms with van der Waals surface area (Å²) in [4.78, 5) is 14.8. The van der Waals surface area contributed by atoms with E-state index in [1.807, 2.05) is 39.2 Å². The Balaban J connectivity index is 2.08. The summed E-state index contributed by atoms with van der Waals surface area (Å²) in [7, 11) is 4.10. The van der Waals surface area contributed by atoms with Gasteiger partial charge in [0, 0.05) is 12.2 Å². The molecule has 3 heteroatoms. The molecule has 0 aliphatic heterocycles. The van der Waals surface area contributed by atoms with Crippen LogP contribution in [0.3, 0.4) is 0 Å². The first-order chi connectivity index (χ1) is 11.9. The van der Waals surface area contributed by atoms with E-state index in [1.165, 1.54) is 11.1 Å². The summed E-state index contributed by atoms with van der Waals surface area (Å²) in [5.74, 6) is 0.439. The highest BCUT2D eigenvalue weighted by Gasteiger charge is 2.18. The Hall–Kier alpha value is -2.13. The number of nitrogens with one attached hydrogen (secondary N) is 1. The van der Waals surface area contributed by atoms with Crippen LogP contribution in [-0.4, -0.2) is 24.9 Å². The Labute approximate surface area is 152 Å². The predicted octanol–water partition coefficient (Wildman–Crippen LogP) is 4.69. The average molecular weight is 338 g/mol. The minimum Gasteiger partial charge on any atom is -0.326 e. The molecular weight excluding hydrogens is 308 g/mol. The summed E-state index contributed by atoms with van der Waals surface area (Å²) < 4.78 is 0. The average Bonchev–Trinajstić information content (AvgIpc) is 2.55. The fourth-order valence-corrected chi connectivity index (χ4v) is 3.03. The molecule has 0 fully saturated rings. The van der Waals surface area contributed by atoms with Crippen molar-refractivity contribution < 1.29 is 4.79 Å². The monoisotopic (exact) mass is 338 g/mol. The van der Waals surface area contributed by atoms with Crippen LogP contribution in [0.4, 0.5) is 5.69 Å². The molecule has 25 heavy (non-hydrogen) atoms. The van der Waals surface area contributed by atoms with Gasteiger partial charge in [-0.2, -0.15) is 0 Å². The van der Waals surface area contributed by atoms with Crippen molar-refractivity contribution in [2.24, 2.45) is 5.92 Å².